The predicted molar refractivity (Wildman–Crippen MR) is 468 cm³/mol. The van der Waals surface area contributed by atoms with E-state index < -0.39 is 50.8 Å². The van der Waals surface area contributed by atoms with Crippen LogP contribution in [0.2, 0.25) is 0 Å². The minimum Gasteiger partial charge on any atom is -0.744 e. The number of unbranched alkanes of at least 4 members (excludes halogenated alkanes) is 2. The minimum absolute atomic E-state index is 0.107. The van der Waals surface area contributed by atoms with E-state index in [0.717, 1.165) is 79.9 Å². The van der Waals surface area contributed by atoms with Gasteiger partial charge >= 0.3 is 10.6 Å². The van der Waals surface area contributed by atoms with Crippen LogP contribution in [0, 0.1) is 55.4 Å². The number of benzene rings is 11. The average molecular weight is 1740 g/mol. The number of anilines is 2. The summed E-state index contributed by atoms with van der Waals surface area (Å²) in [5, 5.41) is 6.35. The van der Waals surface area contributed by atoms with E-state index in [1.807, 2.05) is 72.8 Å². The molecule has 28 heteroatoms. The van der Waals surface area contributed by atoms with E-state index in [2.05, 4.69) is 173 Å². The van der Waals surface area contributed by atoms with Crippen LogP contribution >= 0.6 is 0 Å². The second-order valence-electron chi connectivity index (χ2n) is 29.4. The first-order valence-electron chi connectivity index (χ1n) is 38.4. The van der Waals surface area contributed by atoms with Gasteiger partial charge in [0.15, 0.2) is 12.5 Å². The van der Waals surface area contributed by atoms with Gasteiger partial charge in [0, 0.05) is 88.1 Å². The summed E-state index contributed by atoms with van der Waals surface area (Å²) >= 11 is 2.83. The van der Waals surface area contributed by atoms with Gasteiger partial charge in [-0.15, -0.1) is 12.6 Å². The summed E-state index contributed by atoms with van der Waals surface area (Å²) in [6, 6.07) is 67.5. The lowest BCUT2D eigenvalue weighted by molar-refractivity contribution is 0.192. The van der Waals surface area contributed by atoms with Crippen LogP contribution in [0.3, 0.4) is 0 Å². The maximum Gasteiger partial charge on any atom is 0.425 e. The van der Waals surface area contributed by atoms with Crippen molar-refractivity contribution in [1.82, 2.24) is 15.0 Å². The Labute approximate surface area is 713 Å². The van der Waals surface area contributed by atoms with Crippen molar-refractivity contribution < 1.29 is 78.4 Å². The fourth-order valence-electron chi connectivity index (χ4n) is 14.6. The molecule has 2 aliphatic heterocycles. The predicted octanol–water partition coefficient (Wildman–Crippen LogP) is 14.1. The number of nitrogens with zero attached hydrogens (tertiary/aromatic N) is 3. The summed E-state index contributed by atoms with van der Waals surface area (Å²) in [5.74, 6) is 3.94. The number of methoxy groups -OCH3 is 1. The Morgan fingerprint density at radius 1 is 0.446 bits per heavy atom. The molecule has 14 rings (SSSR count). The molecule has 0 saturated heterocycles. The maximum absolute atomic E-state index is 12.4. The van der Waals surface area contributed by atoms with Crippen molar-refractivity contribution >= 4 is 98.3 Å². The van der Waals surface area contributed by atoms with E-state index in [9.17, 15) is 47.3 Å². The van der Waals surface area contributed by atoms with Crippen LogP contribution in [-0.2, 0) is 93.8 Å². The van der Waals surface area contributed by atoms with Gasteiger partial charge in [0.25, 0.3) is 10.1 Å². The Kier molecular flexibility index (Phi) is 31.0. The third-order valence-corrected chi connectivity index (χ3v) is 24.2. The fourth-order valence-corrected chi connectivity index (χ4v) is 17.2. The average Bonchev–Trinajstić information content (AvgIpc) is 0.746. The molecule has 0 spiro atoms. The summed E-state index contributed by atoms with van der Waals surface area (Å²) in [5.41, 5.74) is 20.6. The molecular weight excluding hydrogens is 1650 g/mol. The van der Waals surface area contributed by atoms with Gasteiger partial charge in [0.05, 0.1) is 14.7 Å². The number of hydrogen-bond acceptors (Lipinski definition) is 22. The molecule has 3 heterocycles. The Hall–Kier alpha value is -11.4. The molecule has 628 valence electrons. The number of fused-ring (bicyclic) bond motifs is 4. The van der Waals surface area contributed by atoms with Crippen molar-refractivity contribution in [1.29, 1.82) is 0 Å². The van der Waals surface area contributed by atoms with Gasteiger partial charge in [-0.25, -0.2) is 30.2 Å². The van der Waals surface area contributed by atoms with Crippen LogP contribution in [0.5, 0.6) is 23.0 Å². The molecule has 0 amide bonds. The third-order valence-electron chi connectivity index (χ3n) is 20.5. The highest BCUT2D eigenvalue weighted by Gasteiger charge is 2.27. The molecule has 0 bridgehead atoms. The van der Waals surface area contributed by atoms with Crippen LogP contribution in [0.1, 0.15) is 137 Å². The number of aryl methyl sites for hydroxylation is 10. The highest BCUT2D eigenvalue weighted by molar-refractivity contribution is 7.90. The Bertz CT molecular complexity index is 6420. The molecule has 0 aliphatic carbocycles. The standard InChI is InChI=1S/2C37H32O4S.C19H28N4O6S2.O3S.OS/c2*1-23-9-7-10-24(2)32(23)19-27-15-17-29-34(21-27)41-35-22-28(20-33-25(3)11-8-12-26(33)4)16-18-30(35)37(29)31-13-5-6-14-36(31)42(38,39)40;1-29-12-5-3-10-17-21-18(11-4-6-13-30(2,24)25)23-19(22-17)20-15-8-7-9-16(14-15)31(26,27)28;1-4(2)3;1-2/h2*5-19,21-22H,20H2,1-4H3,(H,38,39,40);7-9,14H,3-6,10-13H2,1-2H3,(H,26,27,28)(H,20,21,22,23);;/p-2/b2*27-19+;;;. The highest BCUT2D eigenvalue weighted by atomic mass is 32.2. The summed E-state index contributed by atoms with van der Waals surface area (Å²) in [7, 11) is -18.3. The van der Waals surface area contributed by atoms with Gasteiger partial charge < -0.3 is 28.6 Å². The summed E-state index contributed by atoms with van der Waals surface area (Å²) in [4.78, 5) is 12.5. The zero-order valence-electron chi connectivity index (χ0n) is 68.2. The Morgan fingerprint density at radius 3 is 1.22 bits per heavy atom. The van der Waals surface area contributed by atoms with E-state index in [0.29, 0.717) is 94.9 Å². The van der Waals surface area contributed by atoms with Crippen molar-refractivity contribution in [2.45, 2.75) is 121 Å². The number of nitrogens with one attached hydrogen (secondary N) is 1. The van der Waals surface area contributed by atoms with Crippen LogP contribution < -0.4 is 35.7 Å². The molecule has 0 fully saturated rings. The molecule has 0 atom stereocenters. The number of sulfone groups is 1. The normalized spacial score (nSPS) is 12.3. The molecule has 22 nitrogen and oxygen atoms in total. The van der Waals surface area contributed by atoms with Gasteiger partial charge in [-0.1, -0.05) is 152 Å². The molecule has 12 aromatic rings. The fraction of sp³-hybridized carbons (Fsp3) is 0.215. The molecule has 2 N–H and O–H groups in total. The van der Waals surface area contributed by atoms with Crippen molar-refractivity contribution in [2.75, 3.05) is 31.0 Å². The molecule has 0 radical (unpaired) electrons. The monoisotopic (exact) mass is 1740 g/mol. The maximum atomic E-state index is 12.4. The number of rotatable bonds is 23. The zero-order valence-corrected chi connectivity index (χ0v) is 73.1. The third kappa shape index (κ3) is 24.5. The molecule has 0 unspecified atom stereocenters. The second-order valence-corrected chi connectivity index (χ2v) is 36.2. The van der Waals surface area contributed by atoms with Gasteiger partial charge in [0.2, 0.25) is 5.95 Å². The van der Waals surface area contributed by atoms with Gasteiger partial charge in [0.1, 0.15) is 64.7 Å². The van der Waals surface area contributed by atoms with Crippen LogP contribution in [-0.4, -0.2) is 105 Å². The van der Waals surface area contributed by atoms with E-state index in [1.165, 1.54) is 92.2 Å². The van der Waals surface area contributed by atoms with Crippen molar-refractivity contribution in [3.8, 4) is 23.0 Å². The van der Waals surface area contributed by atoms with Crippen LogP contribution in [0.25, 0.3) is 23.3 Å². The number of aromatic nitrogens is 3. The lowest BCUT2D eigenvalue weighted by Gasteiger charge is -2.24. The molecular formula is C93H90N4O18S6-2. The first-order valence-corrected chi connectivity index (χ1v) is 46.0. The number of ether oxygens (including phenoxy) is 3. The zero-order chi connectivity index (χ0) is 87.7. The summed E-state index contributed by atoms with van der Waals surface area (Å²) in [6.45, 7) is 17.5. The lowest BCUT2D eigenvalue weighted by Crippen LogP contribution is -2.21. The van der Waals surface area contributed by atoms with Gasteiger partial charge in [-0.2, -0.15) is 22.6 Å². The number of hydrogen-bond donors (Lipinski definition) is 2. The SMILES string of the molecule is COCCCCc1nc(CCCCS(C)(=O)=O)nc(Nc2cccc(S(=O)(=O)O)c2)n1.Cc1cccc(C)c1/C=c1\ccc2c(c1)Oc1cc(Cc3c(C)cccc3C)ccc1C=2c1ccccc1S(=O)(=O)[O-].Cc1cccc(C)c1/C=c1\ccc2c(c1)Oc1cc(Cc3c(C)cccc3C)ccc1C=2c1ccccc1S(=O)(=O)[O-].O=S.O=S(=O)=O. The highest BCUT2D eigenvalue weighted by Crippen LogP contribution is 2.42. The van der Waals surface area contributed by atoms with Crippen LogP contribution in [0.4, 0.5) is 11.6 Å². The van der Waals surface area contributed by atoms with E-state index >= 15 is 0 Å². The summed E-state index contributed by atoms with van der Waals surface area (Å²) in [6.07, 6.45) is 10.8. The lowest BCUT2D eigenvalue weighted by atomic mass is 9.90. The first-order chi connectivity index (χ1) is 57.5. The summed E-state index contributed by atoms with van der Waals surface area (Å²) < 4.78 is 180. The van der Waals surface area contributed by atoms with E-state index in [-0.39, 0.29) is 26.4 Å². The van der Waals surface area contributed by atoms with Crippen molar-refractivity contribution in [3.05, 3.63) is 351 Å². The van der Waals surface area contributed by atoms with E-state index in [4.69, 9.17) is 31.0 Å². The van der Waals surface area contributed by atoms with Crippen molar-refractivity contribution in [2.24, 2.45) is 0 Å². The Balaban J connectivity index is 0.000000187. The Morgan fingerprint density at radius 2 is 0.835 bits per heavy atom. The first kappa shape index (κ1) is 91.9. The van der Waals surface area contributed by atoms with Gasteiger partial charge in [-0.05, 0) is 261 Å². The second kappa shape index (κ2) is 40.8. The molecule has 121 heavy (non-hydrogen) atoms. The van der Waals surface area contributed by atoms with Crippen LogP contribution in [0.15, 0.2) is 233 Å². The smallest absolute Gasteiger partial charge is 0.425 e. The molecule has 11 aromatic carbocycles. The van der Waals surface area contributed by atoms with Gasteiger partial charge in [-0.3, -0.25) is 4.55 Å². The molecule has 0 saturated carbocycles. The van der Waals surface area contributed by atoms with E-state index in [1.54, 1.807) is 49.6 Å². The largest absolute Gasteiger partial charge is 0.744 e. The topological polar surface area (TPSA) is 350 Å². The van der Waals surface area contributed by atoms with Crippen molar-refractivity contribution in [3.63, 3.8) is 0 Å². The molecule has 2 aliphatic rings. The molecule has 1 aromatic heterocycles. The quantitative estimate of drug-likeness (QED) is 0.0444. The minimum atomic E-state index is -4.72.